The lowest BCUT2D eigenvalue weighted by atomic mass is 9.95. The molecule has 2 amide bonds. The number of piperidine rings is 1. The second-order valence-electron chi connectivity index (χ2n) is 7.98. The molecule has 9 heteroatoms. The second kappa shape index (κ2) is 8.35. The van der Waals surface area contributed by atoms with Crippen LogP contribution in [-0.4, -0.2) is 89.0 Å². The summed E-state index contributed by atoms with van der Waals surface area (Å²) in [6.07, 6.45) is 6.31. The Hall–Kier alpha value is -2.00. The minimum absolute atomic E-state index is 0.0505. The van der Waals surface area contributed by atoms with Crippen molar-refractivity contribution in [3.63, 3.8) is 0 Å². The van der Waals surface area contributed by atoms with Gasteiger partial charge in [-0.25, -0.2) is 0 Å². The SMILES string of the molecule is O=C(NC[C@H]1CN(CC2CCN(CC3CC3)CC2)C(=O)CO1)c1cn[nH]n1. The van der Waals surface area contributed by atoms with Crippen LogP contribution in [0.2, 0.25) is 0 Å². The van der Waals surface area contributed by atoms with Gasteiger partial charge in [-0.05, 0) is 50.6 Å². The van der Waals surface area contributed by atoms with Crippen LogP contribution < -0.4 is 5.32 Å². The highest BCUT2D eigenvalue weighted by molar-refractivity contribution is 5.91. The van der Waals surface area contributed by atoms with Gasteiger partial charge in [0.1, 0.15) is 6.61 Å². The van der Waals surface area contributed by atoms with Gasteiger partial charge in [-0.3, -0.25) is 9.59 Å². The summed E-state index contributed by atoms with van der Waals surface area (Å²) in [5, 5.41) is 12.6. The molecule has 0 radical (unpaired) electrons. The number of ether oxygens (including phenoxy) is 1. The molecule has 148 valence electrons. The van der Waals surface area contributed by atoms with Gasteiger partial charge < -0.3 is 19.9 Å². The zero-order valence-corrected chi connectivity index (χ0v) is 15.6. The molecule has 27 heavy (non-hydrogen) atoms. The molecule has 1 atom stereocenters. The lowest BCUT2D eigenvalue weighted by Crippen LogP contribution is -2.52. The maximum atomic E-state index is 12.2. The average molecular weight is 376 g/mol. The van der Waals surface area contributed by atoms with Crippen LogP contribution in [0.4, 0.5) is 0 Å². The largest absolute Gasteiger partial charge is 0.365 e. The fourth-order valence-electron chi connectivity index (χ4n) is 3.92. The normalized spacial score (nSPS) is 25.0. The number of nitrogens with one attached hydrogen (secondary N) is 2. The highest BCUT2D eigenvalue weighted by Crippen LogP contribution is 2.31. The molecule has 2 aliphatic heterocycles. The van der Waals surface area contributed by atoms with Gasteiger partial charge in [0.2, 0.25) is 5.91 Å². The number of carbonyl (C=O) groups is 2. The predicted octanol–water partition coefficient (Wildman–Crippen LogP) is -0.116. The van der Waals surface area contributed by atoms with E-state index in [1.165, 1.54) is 25.6 Å². The molecular weight excluding hydrogens is 348 g/mol. The van der Waals surface area contributed by atoms with Gasteiger partial charge in [0.15, 0.2) is 5.69 Å². The summed E-state index contributed by atoms with van der Waals surface area (Å²) in [7, 11) is 0. The summed E-state index contributed by atoms with van der Waals surface area (Å²) >= 11 is 0. The van der Waals surface area contributed by atoms with Crippen molar-refractivity contribution in [3.8, 4) is 0 Å². The van der Waals surface area contributed by atoms with Crippen LogP contribution in [-0.2, 0) is 9.53 Å². The first-order valence-corrected chi connectivity index (χ1v) is 9.93. The van der Waals surface area contributed by atoms with E-state index < -0.39 is 0 Å². The first-order chi connectivity index (χ1) is 13.2. The molecule has 3 heterocycles. The molecule has 2 saturated heterocycles. The fraction of sp³-hybridized carbons (Fsp3) is 0.778. The third kappa shape index (κ3) is 5.04. The zero-order valence-electron chi connectivity index (χ0n) is 15.6. The molecule has 4 rings (SSSR count). The van der Waals surface area contributed by atoms with E-state index in [0.29, 0.717) is 19.0 Å². The van der Waals surface area contributed by atoms with Crippen molar-refractivity contribution in [2.45, 2.75) is 31.8 Å². The fourth-order valence-corrected chi connectivity index (χ4v) is 3.92. The molecule has 0 bridgehead atoms. The molecule has 0 aromatic carbocycles. The molecule has 0 unspecified atom stereocenters. The van der Waals surface area contributed by atoms with Gasteiger partial charge in [0.05, 0.1) is 12.3 Å². The van der Waals surface area contributed by atoms with E-state index in [1.54, 1.807) is 0 Å². The number of hydrogen-bond donors (Lipinski definition) is 2. The number of nitrogens with zero attached hydrogens (tertiary/aromatic N) is 4. The number of hydrogen-bond acceptors (Lipinski definition) is 6. The van der Waals surface area contributed by atoms with Gasteiger partial charge in [-0.2, -0.15) is 15.4 Å². The number of H-pyrrole nitrogens is 1. The quantitative estimate of drug-likeness (QED) is 0.688. The maximum absolute atomic E-state index is 12.2. The van der Waals surface area contributed by atoms with E-state index in [4.69, 9.17) is 4.74 Å². The topological polar surface area (TPSA) is 103 Å². The molecule has 3 aliphatic rings. The lowest BCUT2D eigenvalue weighted by molar-refractivity contribution is -0.149. The van der Waals surface area contributed by atoms with Gasteiger partial charge in [-0.1, -0.05) is 0 Å². The van der Waals surface area contributed by atoms with E-state index >= 15 is 0 Å². The van der Waals surface area contributed by atoms with Crippen LogP contribution >= 0.6 is 0 Å². The first kappa shape index (κ1) is 18.4. The lowest BCUT2D eigenvalue weighted by Gasteiger charge is -2.38. The minimum Gasteiger partial charge on any atom is -0.365 e. The van der Waals surface area contributed by atoms with Crippen molar-refractivity contribution in [1.29, 1.82) is 0 Å². The highest BCUT2D eigenvalue weighted by atomic mass is 16.5. The number of amides is 2. The van der Waals surface area contributed by atoms with Gasteiger partial charge in [-0.15, -0.1) is 0 Å². The molecule has 2 N–H and O–H groups in total. The standard InChI is InChI=1S/C18H28N6O3/c25-17-12-27-15(7-19-18(26)16-8-20-22-21-16)11-24(17)10-14-3-5-23(6-4-14)9-13-1-2-13/h8,13-15H,1-7,9-12H2,(H,19,26)(H,20,21,22)/t15-/m0/s1. The summed E-state index contributed by atoms with van der Waals surface area (Å²) in [6.45, 7) is 5.33. The predicted molar refractivity (Wildman–Crippen MR) is 96.9 cm³/mol. The highest BCUT2D eigenvalue weighted by Gasteiger charge is 2.31. The Bertz CT molecular complexity index is 640. The Balaban J connectivity index is 1.20. The van der Waals surface area contributed by atoms with E-state index in [9.17, 15) is 9.59 Å². The second-order valence-corrected chi connectivity index (χ2v) is 7.98. The summed E-state index contributed by atoms with van der Waals surface area (Å²) in [5.74, 6) is 1.26. The average Bonchev–Trinajstić information content (AvgIpc) is 3.31. The number of likely N-dealkylation sites (tertiary alicyclic amines) is 1. The summed E-state index contributed by atoms with van der Waals surface area (Å²) in [6, 6.07) is 0. The van der Waals surface area contributed by atoms with Crippen LogP contribution in [0.1, 0.15) is 36.2 Å². The molecule has 1 aliphatic carbocycles. The maximum Gasteiger partial charge on any atom is 0.273 e. The Morgan fingerprint density at radius 3 is 2.70 bits per heavy atom. The monoisotopic (exact) mass is 376 g/mol. The zero-order chi connectivity index (χ0) is 18.6. The molecule has 3 fully saturated rings. The molecule has 0 spiro atoms. The molecule has 1 saturated carbocycles. The van der Waals surface area contributed by atoms with Crippen LogP contribution in [0, 0.1) is 11.8 Å². The Morgan fingerprint density at radius 2 is 2.00 bits per heavy atom. The van der Waals surface area contributed by atoms with Crippen molar-refractivity contribution in [2.24, 2.45) is 11.8 Å². The first-order valence-electron chi connectivity index (χ1n) is 9.93. The minimum atomic E-state index is -0.293. The Morgan fingerprint density at radius 1 is 1.22 bits per heavy atom. The number of morpholine rings is 1. The van der Waals surface area contributed by atoms with Crippen LogP contribution in [0.5, 0.6) is 0 Å². The number of rotatable bonds is 7. The van der Waals surface area contributed by atoms with Gasteiger partial charge >= 0.3 is 0 Å². The van der Waals surface area contributed by atoms with Crippen LogP contribution in [0.15, 0.2) is 6.20 Å². The van der Waals surface area contributed by atoms with E-state index in [1.807, 2.05) is 4.90 Å². The Kier molecular flexibility index (Phi) is 5.68. The summed E-state index contributed by atoms with van der Waals surface area (Å²) < 4.78 is 5.59. The van der Waals surface area contributed by atoms with Crippen LogP contribution in [0.3, 0.4) is 0 Å². The molecule has 1 aromatic rings. The van der Waals surface area contributed by atoms with Crippen LogP contribution in [0.25, 0.3) is 0 Å². The van der Waals surface area contributed by atoms with E-state index in [-0.39, 0.29) is 30.2 Å². The van der Waals surface area contributed by atoms with Crippen molar-refractivity contribution in [2.75, 3.05) is 45.9 Å². The van der Waals surface area contributed by atoms with Crippen molar-refractivity contribution in [1.82, 2.24) is 30.5 Å². The van der Waals surface area contributed by atoms with Crippen molar-refractivity contribution < 1.29 is 14.3 Å². The third-order valence-electron chi connectivity index (χ3n) is 5.76. The summed E-state index contributed by atoms with van der Waals surface area (Å²) in [4.78, 5) is 28.7. The van der Waals surface area contributed by atoms with Gasteiger partial charge in [0.25, 0.3) is 5.91 Å². The van der Waals surface area contributed by atoms with Crippen molar-refractivity contribution in [3.05, 3.63) is 11.9 Å². The third-order valence-corrected chi connectivity index (χ3v) is 5.76. The Labute approximate surface area is 158 Å². The number of aromatic amines is 1. The van der Waals surface area contributed by atoms with E-state index in [2.05, 4.69) is 25.6 Å². The van der Waals surface area contributed by atoms with Gasteiger partial charge in [0, 0.05) is 26.2 Å². The smallest absolute Gasteiger partial charge is 0.273 e. The number of carbonyl (C=O) groups excluding carboxylic acids is 2. The van der Waals surface area contributed by atoms with Crippen molar-refractivity contribution >= 4 is 11.8 Å². The van der Waals surface area contributed by atoms with E-state index in [0.717, 1.165) is 38.4 Å². The number of aromatic nitrogens is 3. The summed E-state index contributed by atoms with van der Waals surface area (Å²) in [5.41, 5.74) is 0.247. The molecule has 1 aromatic heterocycles. The molecule has 9 nitrogen and oxygen atoms in total. The molecular formula is C18H28N6O3.